The van der Waals surface area contributed by atoms with Crippen LogP contribution in [0.5, 0.6) is 11.5 Å². The number of nitrogen functional groups attached to an aromatic ring is 1. The van der Waals surface area contributed by atoms with Crippen molar-refractivity contribution in [1.82, 2.24) is 10.2 Å². The highest BCUT2D eigenvalue weighted by Gasteiger charge is 2.25. The number of H-pyrrole nitrogens is 1. The van der Waals surface area contributed by atoms with Crippen LogP contribution >= 0.6 is 0 Å². The van der Waals surface area contributed by atoms with E-state index in [4.69, 9.17) is 15.2 Å². The molecule has 1 aliphatic heterocycles. The Morgan fingerprint density at radius 2 is 1.95 bits per heavy atom. The fourth-order valence-electron chi connectivity index (χ4n) is 3.24. The van der Waals surface area contributed by atoms with E-state index in [2.05, 4.69) is 10.2 Å². The third-order valence-corrected chi connectivity index (χ3v) is 4.25. The predicted octanol–water partition coefficient (Wildman–Crippen LogP) is 3.05. The lowest BCUT2D eigenvalue weighted by molar-refractivity contribution is 0.174. The van der Waals surface area contributed by atoms with E-state index in [1.807, 2.05) is 18.2 Å². The molecule has 2 heterocycles. The minimum Gasteiger partial charge on any atom is -0.454 e. The number of aromatic amines is 1. The summed E-state index contributed by atoms with van der Waals surface area (Å²) in [6.45, 7) is 0.287. The van der Waals surface area contributed by atoms with Crippen molar-refractivity contribution < 1.29 is 9.47 Å². The minimum atomic E-state index is 0.287. The van der Waals surface area contributed by atoms with Crippen molar-refractivity contribution in [3.63, 3.8) is 0 Å². The average Bonchev–Trinajstić information content (AvgIpc) is 3.17. The van der Waals surface area contributed by atoms with Crippen LogP contribution in [0.4, 0.5) is 5.82 Å². The molecule has 0 saturated heterocycles. The van der Waals surface area contributed by atoms with Gasteiger partial charge in [0.05, 0.1) is 0 Å². The van der Waals surface area contributed by atoms with E-state index in [1.54, 1.807) is 0 Å². The van der Waals surface area contributed by atoms with Gasteiger partial charge in [0, 0.05) is 17.2 Å². The summed E-state index contributed by atoms with van der Waals surface area (Å²) in [6.07, 6.45) is 4.98. The monoisotopic (exact) mass is 271 g/mol. The van der Waals surface area contributed by atoms with Crippen LogP contribution in [0.1, 0.15) is 37.3 Å². The summed E-state index contributed by atoms with van der Waals surface area (Å²) in [5.74, 6) is 2.67. The Balaban J connectivity index is 1.79. The molecule has 0 spiro atoms. The van der Waals surface area contributed by atoms with Crippen molar-refractivity contribution in [3.05, 3.63) is 23.9 Å². The van der Waals surface area contributed by atoms with Crippen LogP contribution in [0.3, 0.4) is 0 Å². The molecular weight excluding hydrogens is 254 g/mol. The largest absolute Gasteiger partial charge is 0.454 e. The van der Waals surface area contributed by atoms with Gasteiger partial charge >= 0.3 is 0 Å². The van der Waals surface area contributed by atoms with Crippen LogP contribution in [-0.4, -0.2) is 17.0 Å². The maximum atomic E-state index is 6.07. The van der Waals surface area contributed by atoms with Crippen molar-refractivity contribution in [1.29, 1.82) is 0 Å². The van der Waals surface area contributed by atoms with Gasteiger partial charge in [0.25, 0.3) is 0 Å². The number of nitrogens with two attached hydrogens (primary N) is 1. The number of benzene rings is 1. The van der Waals surface area contributed by atoms with Crippen molar-refractivity contribution in [3.8, 4) is 22.6 Å². The van der Waals surface area contributed by atoms with Gasteiger partial charge in [-0.05, 0) is 30.5 Å². The number of hydrogen-bond acceptors (Lipinski definition) is 4. The molecule has 5 nitrogen and oxygen atoms in total. The summed E-state index contributed by atoms with van der Waals surface area (Å²) < 4.78 is 10.8. The summed E-state index contributed by atoms with van der Waals surface area (Å²) >= 11 is 0. The third kappa shape index (κ3) is 1.73. The Labute approximate surface area is 117 Å². The molecule has 0 radical (unpaired) electrons. The zero-order chi connectivity index (χ0) is 13.5. The van der Waals surface area contributed by atoms with Crippen LogP contribution in [-0.2, 0) is 0 Å². The lowest BCUT2D eigenvalue weighted by Crippen LogP contribution is -1.96. The molecule has 4 rings (SSSR count). The van der Waals surface area contributed by atoms with Crippen LogP contribution < -0.4 is 15.2 Å². The molecule has 1 aromatic heterocycles. The molecule has 1 fully saturated rings. The highest BCUT2D eigenvalue weighted by atomic mass is 16.7. The first-order valence-corrected chi connectivity index (χ1v) is 7.06. The first-order chi connectivity index (χ1) is 9.83. The Morgan fingerprint density at radius 3 is 2.80 bits per heavy atom. The molecule has 0 bridgehead atoms. The zero-order valence-corrected chi connectivity index (χ0v) is 11.2. The van der Waals surface area contributed by atoms with E-state index in [0.717, 1.165) is 22.6 Å². The van der Waals surface area contributed by atoms with Crippen LogP contribution in [0.15, 0.2) is 18.2 Å². The van der Waals surface area contributed by atoms with E-state index in [-0.39, 0.29) is 6.79 Å². The van der Waals surface area contributed by atoms with E-state index >= 15 is 0 Å². The van der Waals surface area contributed by atoms with Crippen LogP contribution in [0.2, 0.25) is 0 Å². The van der Waals surface area contributed by atoms with Gasteiger partial charge in [-0.3, -0.25) is 5.10 Å². The lowest BCUT2D eigenvalue weighted by Gasteiger charge is -2.10. The highest BCUT2D eigenvalue weighted by Crippen LogP contribution is 2.43. The molecule has 0 unspecified atom stereocenters. The molecule has 104 valence electrons. The SMILES string of the molecule is Nc1n[nH]c(C2CCCC2)c1-c1ccc2c(c1)OCO2. The third-order valence-electron chi connectivity index (χ3n) is 4.25. The topological polar surface area (TPSA) is 73.2 Å². The van der Waals surface area contributed by atoms with E-state index in [0.29, 0.717) is 11.7 Å². The second kappa shape index (κ2) is 4.44. The number of nitrogens with one attached hydrogen (secondary N) is 1. The fourth-order valence-corrected chi connectivity index (χ4v) is 3.24. The maximum absolute atomic E-state index is 6.07. The number of nitrogens with zero attached hydrogens (tertiary/aromatic N) is 1. The molecule has 2 aromatic rings. The molecule has 5 heteroatoms. The molecule has 1 aromatic carbocycles. The normalized spacial score (nSPS) is 17.8. The van der Waals surface area contributed by atoms with Gasteiger partial charge in [0.1, 0.15) is 0 Å². The number of anilines is 1. The Morgan fingerprint density at radius 1 is 1.15 bits per heavy atom. The number of ether oxygens (including phenoxy) is 2. The van der Waals surface area contributed by atoms with E-state index in [1.165, 1.54) is 31.4 Å². The molecule has 0 atom stereocenters. The molecule has 1 aliphatic carbocycles. The number of rotatable bonds is 2. The van der Waals surface area contributed by atoms with Crippen molar-refractivity contribution >= 4 is 5.82 Å². The van der Waals surface area contributed by atoms with E-state index in [9.17, 15) is 0 Å². The van der Waals surface area contributed by atoms with Gasteiger partial charge in [-0.2, -0.15) is 5.10 Å². The van der Waals surface area contributed by atoms with Gasteiger partial charge in [-0.15, -0.1) is 0 Å². The molecule has 20 heavy (non-hydrogen) atoms. The predicted molar refractivity (Wildman–Crippen MR) is 75.8 cm³/mol. The second-order valence-corrected chi connectivity index (χ2v) is 5.45. The molecule has 2 aliphatic rings. The minimum absolute atomic E-state index is 0.287. The van der Waals surface area contributed by atoms with Gasteiger partial charge < -0.3 is 15.2 Å². The Kier molecular flexibility index (Phi) is 2.58. The van der Waals surface area contributed by atoms with Crippen molar-refractivity contribution in [2.75, 3.05) is 12.5 Å². The maximum Gasteiger partial charge on any atom is 0.231 e. The molecule has 0 amide bonds. The smallest absolute Gasteiger partial charge is 0.231 e. The fraction of sp³-hybridized carbons (Fsp3) is 0.400. The number of fused-ring (bicyclic) bond motifs is 1. The van der Waals surface area contributed by atoms with Crippen LogP contribution in [0.25, 0.3) is 11.1 Å². The molecule has 3 N–H and O–H groups in total. The lowest BCUT2D eigenvalue weighted by atomic mass is 9.95. The summed E-state index contributed by atoms with van der Waals surface area (Å²) in [7, 11) is 0. The number of aromatic nitrogens is 2. The Bertz CT molecular complexity index is 645. The molecule has 1 saturated carbocycles. The highest BCUT2D eigenvalue weighted by molar-refractivity contribution is 5.78. The zero-order valence-electron chi connectivity index (χ0n) is 11.2. The first-order valence-electron chi connectivity index (χ1n) is 7.06. The average molecular weight is 271 g/mol. The van der Waals surface area contributed by atoms with Gasteiger partial charge in [0.2, 0.25) is 6.79 Å². The summed E-state index contributed by atoms with van der Waals surface area (Å²) in [6, 6.07) is 5.94. The van der Waals surface area contributed by atoms with Crippen molar-refractivity contribution in [2.24, 2.45) is 0 Å². The number of hydrogen-bond donors (Lipinski definition) is 2. The second-order valence-electron chi connectivity index (χ2n) is 5.45. The summed E-state index contributed by atoms with van der Waals surface area (Å²) in [5.41, 5.74) is 9.30. The van der Waals surface area contributed by atoms with E-state index < -0.39 is 0 Å². The summed E-state index contributed by atoms with van der Waals surface area (Å²) in [4.78, 5) is 0. The summed E-state index contributed by atoms with van der Waals surface area (Å²) in [5, 5.41) is 7.35. The van der Waals surface area contributed by atoms with Crippen LogP contribution in [0, 0.1) is 0 Å². The molecular formula is C15H17N3O2. The van der Waals surface area contributed by atoms with Gasteiger partial charge in [-0.25, -0.2) is 0 Å². The quantitative estimate of drug-likeness (QED) is 0.880. The standard InChI is InChI=1S/C15H17N3O2/c16-15-13(14(17-18-15)9-3-1-2-4-9)10-5-6-11-12(7-10)20-8-19-11/h5-7,9H,1-4,8H2,(H3,16,17,18). The van der Waals surface area contributed by atoms with Gasteiger partial charge in [-0.1, -0.05) is 18.9 Å². The van der Waals surface area contributed by atoms with Crippen molar-refractivity contribution in [2.45, 2.75) is 31.6 Å². The van der Waals surface area contributed by atoms with Gasteiger partial charge in [0.15, 0.2) is 17.3 Å². The first kappa shape index (κ1) is 11.6. The Hall–Kier alpha value is -2.17.